The highest BCUT2D eigenvalue weighted by Gasteiger charge is 2.17. The minimum Gasteiger partial charge on any atom is -0.347 e. The first-order chi connectivity index (χ1) is 8.38. The fraction of sp³-hybridized carbons (Fsp3) is 0.667. The maximum atomic E-state index is 11.7. The zero-order valence-corrected chi connectivity index (χ0v) is 13.2. The summed E-state index contributed by atoms with van der Waals surface area (Å²) >= 11 is 3.54. The second-order valence-corrected chi connectivity index (χ2v) is 5.29. The summed E-state index contributed by atoms with van der Waals surface area (Å²) in [7, 11) is 3.52. The smallest absolute Gasteiger partial charge is 0.238 e. The molecule has 0 bridgehead atoms. The molecule has 0 aromatic carbocycles. The van der Waals surface area contributed by atoms with E-state index in [9.17, 15) is 4.79 Å². The van der Waals surface area contributed by atoms with Gasteiger partial charge >= 0.3 is 0 Å². The van der Waals surface area contributed by atoms with Gasteiger partial charge in [-0.05, 0) is 36.7 Å². The van der Waals surface area contributed by atoms with E-state index in [0.717, 1.165) is 22.4 Å². The molecule has 102 valence electrons. The molecule has 1 aromatic heterocycles. The highest BCUT2D eigenvalue weighted by molar-refractivity contribution is 9.10. The number of halogens is 1. The third-order valence-corrected chi connectivity index (χ3v) is 3.87. The second kappa shape index (κ2) is 6.33. The van der Waals surface area contributed by atoms with Gasteiger partial charge in [0.15, 0.2) is 0 Å². The highest BCUT2D eigenvalue weighted by atomic mass is 79.9. The molecule has 0 saturated heterocycles. The van der Waals surface area contributed by atoms with Crippen molar-refractivity contribution in [2.24, 2.45) is 0 Å². The van der Waals surface area contributed by atoms with Crippen molar-refractivity contribution < 1.29 is 4.79 Å². The Balaban J connectivity index is 2.72. The fourth-order valence-corrected chi connectivity index (χ4v) is 2.19. The number of aryl methyl sites for hydroxylation is 2. The average molecular weight is 317 g/mol. The van der Waals surface area contributed by atoms with E-state index in [-0.39, 0.29) is 11.9 Å². The van der Waals surface area contributed by atoms with E-state index in [0.29, 0.717) is 6.54 Å². The first-order valence-corrected chi connectivity index (χ1v) is 6.84. The Morgan fingerprint density at radius 2 is 2.17 bits per heavy atom. The molecule has 0 fully saturated rings. The molecule has 1 aromatic rings. The molecule has 0 aliphatic heterocycles. The molecule has 1 unspecified atom stereocenters. The molecule has 6 heteroatoms. The van der Waals surface area contributed by atoms with Gasteiger partial charge < -0.3 is 10.2 Å². The van der Waals surface area contributed by atoms with Gasteiger partial charge in [-0.3, -0.25) is 9.48 Å². The van der Waals surface area contributed by atoms with E-state index in [1.807, 2.05) is 18.5 Å². The zero-order chi connectivity index (χ0) is 13.9. The van der Waals surface area contributed by atoms with Gasteiger partial charge in [-0.1, -0.05) is 0 Å². The van der Waals surface area contributed by atoms with Crippen molar-refractivity contribution in [3.63, 3.8) is 0 Å². The summed E-state index contributed by atoms with van der Waals surface area (Å²) < 4.78 is 2.96. The van der Waals surface area contributed by atoms with Crippen LogP contribution in [0.4, 0.5) is 0 Å². The van der Waals surface area contributed by atoms with Crippen LogP contribution in [-0.2, 0) is 17.9 Å². The standard InChI is InChI=1S/C12H21BrN4O/c1-6-17-10(11(13)8(2)15-17)7-14-9(3)12(18)16(4)5/h9,14H,6-7H2,1-5H3. The van der Waals surface area contributed by atoms with Crippen LogP contribution in [0, 0.1) is 6.92 Å². The molecule has 0 aliphatic carbocycles. The Bertz CT molecular complexity index is 428. The third-order valence-electron chi connectivity index (χ3n) is 2.84. The normalized spacial score (nSPS) is 12.6. The molecule has 0 aliphatic rings. The summed E-state index contributed by atoms with van der Waals surface area (Å²) in [5.74, 6) is 0.0745. The summed E-state index contributed by atoms with van der Waals surface area (Å²) in [4.78, 5) is 13.3. The van der Waals surface area contributed by atoms with Gasteiger partial charge in [-0.25, -0.2) is 0 Å². The molecule has 1 rings (SSSR count). The topological polar surface area (TPSA) is 50.2 Å². The minimum absolute atomic E-state index is 0.0745. The van der Waals surface area contributed by atoms with Crippen molar-refractivity contribution in [2.75, 3.05) is 14.1 Å². The van der Waals surface area contributed by atoms with E-state index in [1.54, 1.807) is 19.0 Å². The van der Waals surface area contributed by atoms with Gasteiger partial charge in [0.25, 0.3) is 0 Å². The lowest BCUT2D eigenvalue weighted by Gasteiger charge is -2.18. The summed E-state index contributed by atoms with van der Waals surface area (Å²) in [5.41, 5.74) is 2.05. The third kappa shape index (κ3) is 3.32. The molecule has 0 saturated carbocycles. The molecule has 1 heterocycles. The molecule has 1 atom stereocenters. The lowest BCUT2D eigenvalue weighted by Crippen LogP contribution is -2.41. The first-order valence-electron chi connectivity index (χ1n) is 6.04. The van der Waals surface area contributed by atoms with Crippen LogP contribution >= 0.6 is 15.9 Å². The maximum absolute atomic E-state index is 11.7. The summed E-state index contributed by atoms with van der Waals surface area (Å²) in [6.07, 6.45) is 0. The van der Waals surface area contributed by atoms with Crippen LogP contribution in [0.3, 0.4) is 0 Å². The molecule has 18 heavy (non-hydrogen) atoms. The Morgan fingerprint density at radius 3 is 2.67 bits per heavy atom. The van der Waals surface area contributed by atoms with Gasteiger partial charge in [0.1, 0.15) is 0 Å². The summed E-state index contributed by atoms with van der Waals surface area (Å²) in [6.45, 7) is 7.33. The molecule has 0 radical (unpaired) electrons. The van der Waals surface area contributed by atoms with E-state index >= 15 is 0 Å². The number of carbonyl (C=O) groups is 1. The van der Waals surface area contributed by atoms with E-state index in [1.165, 1.54) is 0 Å². The molecule has 5 nitrogen and oxygen atoms in total. The van der Waals surface area contributed by atoms with Crippen molar-refractivity contribution in [3.8, 4) is 0 Å². The van der Waals surface area contributed by atoms with Gasteiger partial charge in [0, 0.05) is 27.2 Å². The number of nitrogens with zero attached hydrogens (tertiary/aromatic N) is 3. The zero-order valence-electron chi connectivity index (χ0n) is 11.6. The summed E-state index contributed by atoms with van der Waals surface area (Å²) in [5, 5.41) is 7.65. The number of nitrogens with one attached hydrogen (secondary N) is 1. The van der Waals surface area contributed by atoms with E-state index in [2.05, 4.69) is 33.3 Å². The number of amides is 1. The van der Waals surface area contributed by atoms with Crippen LogP contribution in [0.15, 0.2) is 4.47 Å². The van der Waals surface area contributed by atoms with Gasteiger partial charge in [0.05, 0.1) is 21.9 Å². The lowest BCUT2D eigenvalue weighted by molar-refractivity contribution is -0.130. The van der Waals surface area contributed by atoms with Gasteiger partial charge in [0.2, 0.25) is 5.91 Å². The SMILES string of the molecule is CCn1nc(C)c(Br)c1CNC(C)C(=O)N(C)C. The predicted octanol–water partition coefficient (Wildman–Crippen LogP) is 1.54. The molecule has 1 N–H and O–H groups in total. The fourth-order valence-electron chi connectivity index (χ4n) is 1.76. The number of rotatable bonds is 5. The molecular formula is C12H21BrN4O. The Labute approximate surface area is 117 Å². The maximum Gasteiger partial charge on any atom is 0.238 e. The van der Waals surface area contributed by atoms with Gasteiger partial charge in [-0.2, -0.15) is 5.10 Å². The van der Waals surface area contributed by atoms with Crippen molar-refractivity contribution >= 4 is 21.8 Å². The van der Waals surface area contributed by atoms with Crippen molar-refractivity contribution in [1.82, 2.24) is 20.0 Å². The average Bonchev–Trinajstić information content (AvgIpc) is 2.61. The summed E-state index contributed by atoms with van der Waals surface area (Å²) in [6, 6.07) is -0.201. The van der Waals surface area contributed by atoms with Gasteiger partial charge in [-0.15, -0.1) is 0 Å². The van der Waals surface area contributed by atoms with Crippen LogP contribution in [0.2, 0.25) is 0 Å². The predicted molar refractivity (Wildman–Crippen MR) is 75.3 cm³/mol. The van der Waals surface area contributed by atoms with Crippen LogP contribution in [-0.4, -0.2) is 40.7 Å². The Morgan fingerprint density at radius 1 is 1.56 bits per heavy atom. The van der Waals surface area contributed by atoms with E-state index < -0.39 is 0 Å². The van der Waals surface area contributed by atoms with Crippen LogP contribution < -0.4 is 5.32 Å². The molecular weight excluding hydrogens is 296 g/mol. The number of carbonyl (C=O) groups excluding carboxylic acids is 1. The lowest BCUT2D eigenvalue weighted by atomic mass is 10.3. The number of hydrogen-bond acceptors (Lipinski definition) is 3. The number of aromatic nitrogens is 2. The van der Waals surface area contributed by atoms with Crippen LogP contribution in [0.5, 0.6) is 0 Å². The van der Waals surface area contributed by atoms with Crippen molar-refractivity contribution in [1.29, 1.82) is 0 Å². The van der Waals surface area contributed by atoms with Crippen LogP contribution in [0.25, 0.3) is 0 Å². The van der Waals surface area contributed by atoms with Crippen molar-refractivity contribution in [3.05, 3.63) is 15.9 Å². The monoisotopic (exact) mass is 316 g/mol. The van der Waals surface area contributed by atoms with E-state index in [4.69, 9.17) is 0 Å². The number of likely N-dealkylation sites (N-methyl/N-ethyl adjacent to an activating group) is 1. The highest BCUT2D eigenvalue weighted by Crippen LogP contribution is 2.20. The largest absolute Gasteiger partial charge is 0.347 e. The molecule has 0 spiro atoms. The first kappa shape index (κ1) is 15.2. The quantitative estimate of drug-likeness (QED) is 0.896. The minimum atomic E-state index is -0.201. The van der Waals surface area contributed by atoms with Crippen LogP contribution in [0.1, 0.15) is 25.2 Å². The second-order valence-electron chi connectivity index (χ2n) is 4.50. The Hall–Kier alpha value is -0.880. The van der Waals surface area contributed by atoms with Crippen molar-refractivity contribution in [2.45, 2.75) is 39.9 Å². The number of hydrogen-bond donors (Lipinski definition) is 1. The Kier molecular flexibility index (Phi) is 5.34. The molecule has 1 amide bonds.